The van der Waals surface area contributed by atoms with Gasteiger partial charge in [0, 0.05) is 18.7 Å². The molecule has 1 aromatic carbocycles. The van der Waals surface area contributed by atoms with Gasteiger partial charge in [0.2, 0.25) is 0 Å². The predicted molar refractivity (Wildman–Crippen MR) is 71.7 cm³/mol. The van der Waals surface area contributed by atoms with Gasteiger partial charge in [-0.25, -0.2) is 0 Å². The summed E-state index contributed by atoms with van der Waals surface area (Å²) >= 11 is 0. The van der Waals surface area contributed by atoms with Crippen molar-refractivity contribution in [3.8, 4) is 5.75 Å². The Labute approximate surface area is 109 Å². The largest absolute Gasteiger partial charge is 0.496 e. The summed E-state index contributed by atoms with van der Waals surface area (Å²) in [7, 11) is 1.66. The van der Waals surface area contributed by atoms with E-state index in [1.807, 2.05) is 18.2 Å². The van der Waals surface area contributed by atoms with E-state index in [4.69, 9.17) is 19.9 Å². The van der Waals surface area contributed by atoms with E-state index in [0.29, 0.717) is 26.4 Å². The van der Waals surface area contributed by atoms with E-state index in [9.17, 15) is 0 Å². The maximum atomic E-state index is 5.62. The lowest BCUT2D eigenvalue weighted by atomic mass is 10.1. The molecule has 1 aromatic rings. The van der Waals surface area contributed by atoms with Crippen LogP contribution < -0.4 is 10.5 Å². The maximum Gasteiger partial charge on any atom is 0.124 e. The molecule has 0 aliphatic carbocycles. The molecule has 1 rings (SSSR count). The minimum Gasteiger partial charge on any atom is -0.496 e. The smallest absolute Gasteiger partial charge is 0.124 e. The maximum absolute atomic E-state index is 5.62. The quantitative estimate of drug-likeness (QED) is 0.685. The van der Waals surface area contributed by atoms with Crippen LogP contribution >= 0.6 is 0 Å². The van der Waals surface area contributed by atoms with Crippen molar-refractivity contribution < 1.29 is 14.2 Å². The number of ether oxygens (including phenoxy) is 3. The molecular formula is C14H23NO3. The molecular weight excluding hydrogens is 230 g/mol. The normalized spacial score (nSPS) is 10.6. The minimum absolute atomic E-state index is 0.520. The lowest BCUT2D eigenvalue weighted by molar-refractivity contribution is 0.0402. The zero-order chi connectivity index (χ0) is 13.2. The Hall–Kier alpha value is -1.10. The van der Waals surface area contributed by atoms with Crippen LogP contribution in [0.15, 0.2) is 18.2 Å². The highest BCUT2D eigenvalue weighted by Gasteiger charge is 2.04. The third-order valence-corrected chi connectivity index (χ3v) is 2.56. The molecule has 4 nitrogen and oxygen atoms in total. The van der Waals surface area contributed by atoms with E-state index in [0.717, 1.165) is 29.9 Å². The molecule has 0 saturated carbocycles. The Morgan fingerprint density at radius 1 is 1.11 bits per heavy atom. The molecule has 102 valence electrons. The van der Waals surface area contributed by atoms with Crippen LogP contribution in [0.4, 0.5) is 0 Å². The Morgan fingerprint density at radius 3 is 2.56 bits per heavy atom. The van der Waals surface area contributed by atoms with Gasteiger partial charge in [-0.15, -0.1) is 0 Å². The summed E-state index contributed by atoms with van der Waals surface area (Å²) in [6.07, 6.45) is 1.03. The number of methoxy groups -OCH3 is 1. The van der Waals surface area contributed by atoms with Crippen LogP contribution in [0, 0.1) is 0 Å². The lowest BCUT2D eigenvalue weighted by Gasteiger charge is -2.11. The van der Waals surface area contributed by atoms with Crippen molar-refractivity contribution >= 4 is 0 Å². The topological polar surface area (TPSA) is 53.7 Å². The van der Waals surface area contributed by atoms with Gasteiger partial charge >= 0.3 is 0 Å². The van der Waals surface area contributed by atoms with Gasteiger partial charge < -0.3 is 19.9 Å². The van der Waals surface area contributed by atoms with Crippen molar-refractivity contribution in [1.82, 2.24) is 0 Å². The molecule has 0 bridgehead atoms. The highest BCUT2D eigenvalue weighted by Crippen LogP contribution is 2.20. The van der Waals surface area contributed by atoms with Crippen molar-refractivity contribution in [2.24, 2.45) is 5.73 Å². The second-order valence-electron chi connectivity index (χ2n) is 4.02. The number of rotatable bonds is 9. The molecule has 18 heavy (non-hydrogen) atoms. The standard InChI is InChI=1S/C14H23NO3/c1-3-6-17-7-8-18-11-13-9-12(10-15)4-5-14(13)16-2/h4-5,9H,3,6-8,10-11,15H2,1-2H3. The van der Waals surface area contributed by atoms with Gasteiger partial charge in [-0.3, -0.25) is 0 Å². The molecule has 0 amide bonds. The van der Waals surface area contributed by atoms with E-state index in [1.165, 1.54) is 0 Å². The molecule has 4 heteroatoms. The van der Waals surface area contributed by atoms with E-state index in [-0.39, 0.29) is 0 Å². The summed E-state index contributed by atoms with van der Waals surface area (Å²) < 4.78 is 16.2. The van der Waals surface area contributed by atoms with Gasteiger partial charge in [0.25, 0.3) is 0 Å². The minimum atomic E-state index is 0.520. The summed E-state index contributed by atoms with van der Waals surface area (Å²) in [5.74, 6) is 0.835. The molecule has 0 unspecified atom stereocenters. The first-order valence-electron chi connectivity index (χ1n) is 6.33. The van der Waals surface area contributed by atoms with Gasteiger partial charge in [0.05, 0.1) is 26.9 Å². The van der Waals surface area contributed by atoms with E-state index in [1.54, 1.807) is 7.11 Å². The fourth-order valence-corrected chi connectivity index (χ4v) is 1.62. The van der Waals surface area contributed by atoms with E-state index >= 15 is 0 Å². The van der Waals surface area contributed by atoms with Crippen LogP contribution in [0.1, 0.15) is 24.5 Å². The van der Waals surface area contributed by atoms with E-state index in [2.05, 4.69) is 6.92 Å². The highest BCUT2D eigenvalue weighted by molar-refractivity contribution is 5.36. The summed E-state index contributed by atoms with van der Waals surface area (Å²) in [4.78, 5) is 0. The van der Waals surface area contributed by atoms with Gasteiger partial charge in [-0.1, -0.05) is 13.0 Å². The zero-order valence-electron chi connectivity index (χ0n) is 11.3. The summed E-state index contributed by atoms with van der Waals surface area (Å²) in [6, 6.07) is 5.91. The summed E-state index contributed by atoms with van der Waals surface area (Å²) in [5.41, 5.74) is 7.72. The summed E-state index contributed by atoms with van der Waals surface area (Å²) in [6.45, 7) is 5.14. The molecule has 0 atom stereocenters. The molecule has 2 N–H and O–H groups in total. The zero-order valence-corrected chi connectivity index (χ0v) is 11.3. The van der Waals surface area contributed by atoms with Crippen molar-refractivity contribution in [1.29, 1.82) is 0 Å². The van der Waals surface area contributed by atoms with Gasteiger partial charge in [0.15, 0.2) is 0 Å². The molecule has 0 heterocycles. The number of nitrogens with two attached hydrogens (primary N) is 1. The Bertz CT molecular complexity index is 342. The van der Waals surface area contributed by atoms with Crippen LogP contribution in [-0.2, 0) is 22.6 Å². The molecule has 0 fully saturated rings. The first kappa shape index (κ1) is 15.0. The number of hydrogen-bond acceptors (Lipinski definition) is 4. The number of benzene rings is 1. The highest BCUT2D eigenvalue weighted by atomic mass is 16.5. The second kappa shape index (κ2) is 8.91. The van der Waals surface area contributed by atoms with Crippen LogP contribution in [-0.4, -0.2) is 26.9 Å². The monoisotopic (exact) mass is 253 g/mol. The third-order valence-electron chi connectivity index (χ3n) is 2.56. The molecule has 0 aliphatic heterocycles. The van der Waals surface area contributed by atoms with Gasteiger partial charge in [-0.2, -0.15) is 0 Å². The molecule has 0 saturated heterocycles. The van der Waals surface area contributed by atoms with Gasteiger partial charge in [-0.05, 0) is 24.1 Å². The Balaban J connectivity index is 2.39. The fourth-order valence-electron chi connectivity index (χ4n) is 1.62. The Kier molecular flexibility index (Phi) is 7.41. The van der Waals surface area contributed by atoms with Gasteiger partial charge in [0.1, 0.15) is 5.75 Å². The average Bonchev–Trinajstić information content (AvgIpc) is 2.42. The van der Waals surface area contributed by atoms with Crippen molar-refractivity contribution in [2.45, 2.75) is 26.5 Å². The average molecular weight is 253 g/mol. The second-order valence-corrected chi connectivity index (χ2v) is 4.02. The third kappa shape index (κ3) is 5.04. The molecule has 0 aromatic heterocycles. The molecule has 0 aliphatic rings. The van der Waals surface area contributed by atoms with Crippen molar-refractivity contribution in [2.75, 3.05) is 26.9 Å². The number of hydrogen-bond donors (Lipinski definition) is 1. The summed E-state index contributed by atoms with van der Waals surface area (Å²) in [5, 5.41) is 0. The predicted octanol–water partition coefficient (Wildman–Crippen LogP) is 2.10. The first-order chi connectivity index (χ1) is 8.81. The first-order valence-corrected chi connectivity index (χ1v) is 6.33. The van der Waals surface area contributed by atoms with Crippen LogP contribution in [0.3, 0.4) is 0 Å². The van der Waals surface area contributed by atoms with E-state index < -0.39 is 0 Å². The Morgan fingerprint density at radius 2 is 1.89 bits per heavy atom. The van der Waals surface area contributed by atoms with Crippen LogP contribution in [0.2, 0.25) is 0 Å². The van der Waals surface area contributed by atoms with Crippen LogP contribution in [0.5, 0.6) is 5.75 Å². The lowest BCUT2D eigenvalue weighted by Crippen LogP contribution is -2.06. The van der Waals surface area contributed by atoms with Crippen molar-refractivity contribution in [3.05, 3.63) is 29.3 Å². The molecule has 0 radical (unpaired) electrons. The van der Waals surface area contributed by atoms with Crippen LogP contribution in [0.25, 0.3) is 0 Å². The molecule has 0 spiro atoms. The SMILES string of the molecule is CCCOCCOCc1cc(CN)ccc1OC. The van der Waals surface area contributed by atoms with Crippen molar-refractivity contribution in [3.63, 3.8) is 0 Å². The fraction of sp³-hybridized carbons (Fsp3) is 0.571.